The Morgan fingerprint density at radius 2 is 1.92 bits per heavy atom. The maximum absolute atomic E-state index is 10.7. The van der Waals surface area contributed by atoms with Crippen molar-refractivity contribution in [1.29, 1.82) is 0 Å². The van der Waals surface area contributed by atoms with Crippen LogP contribution in [0, 0.1) is 5.92 Å². The van der Waals surface area contributed by atoms with Crippen molar-refractivity contribution in [2.45, 2.75) is 25.8 Å². The molecule has 0 heterocycles. The Morgan fingerprint density at radius 3 is 2.38 bits per heavy atom. The standard InChI is InChI=1S/C8H18N2O2S/c1-7-5-8(6-7)9-3-4-10-13(2,11)12/h7-10H,3-6H2,1-2H3. The fourth-order valence-corrected chi connectivity index (χ4v) is 2.05. The SMILES string of the molecule is CC1CC(NCCNS(C)(=O)=O)C1. The second-order valence-corrected chi connectivity index (χ2v) is 5.73. The molecule has 0 aromatic heterocycles. The summed E-state index contributed by atoms with van der Waals surface area (Å²) in [6, 6.07) is 0.608. The Bertz CT molecular complexity index is 245. The van der Waals surface area contributed by atoms with E-state index in [2.05, 4.69) is 17.0 Å². The van der Waals surface area contributed by atoms with Gasteiger partial charge in [-0.2, -0.15) is 0 Å². The maximum atomic E-state index is 10.7. The molecule has 5 heteroatoms. The van der Waals surface area contributed by atoms with Gasteiger partial charge in [0.2, 0.25) is 10.0 Å². The Kier molecular flexibility index (Phi) is 3.70. The van der Waals surface area contributed by atoms with Gasteiger partial charge in [-0.25, -0.2) is 13.1 Å². The van der Waals surface area contributed by atoms with Crippen LogP contribution in [0.3, 0.4) is 0 Å². The Morgan fingerprint density at radius 1 is 1.31 bits per heavy atom. The molecular formula is C8H18N2O2S. The van der Waals surface area contributed by atoms with Crippen LogP contribution in [-0.2, 0) is 10.0 Å². The lowest BCUT2D eigenvalue weighted by Gasteiger charge is -2.33. The molecule has 13 heavy (non-hydrogen) atoms. The van der Waals surface area contributed by atoms with Crippen molar-refractivity contribution in [3.05, 3.63) is 0 Å². The van der Waals surface area contributed by atoms with Crippen molar-refractivity contribution >= 4 is 10.0 Å². The second kappa shape index (κ2) is 4.39. The summed E-state index contributed by atoms with van der Waals surface area (Å²) in [6.07, 6.45) is 3.62. The van der Waals surface area contributed by atoms with Gasteiger partial charge < -0.3 is 5.32 Å². The van der Waals surface area contributed by atoms with Crippen LogP contribution in [-0.4, -0.2) is 33.8 Å². The molecule has 0 amide bonds. The van der Waals surface area contributed by atoms with E-state index < -0.39 is 10.0 Å². The smallest absolute Gasteiger partial charge is 0.208 e. The van der Waals surface area contributed by atoms with E-state index in [1.807, 2.05) is 0 Å². The molecule has 0 radical (unpaired) electrons. The summed E-state index contributed by atoms with van der Waals surface area (Å²) in [7, 11) is -3.01. The zero-order valence-electron chi connectivity index (χ0n) is 8.21. The first-order chi connectivity index (χ1) is 5.97. The molecule has 1 fully saturated rings. The molecule has 0 atom stereocenters. The van der Waals surface area contributed by atoms with Crippen molar-refractivity contribution in [3.63, 3.8) is 0 Å². The van der Waals surface area contributed by atoms with Gasteiger partial charge in [-0.1, -0.05) is 6.92 Å². The molecule has 2 N–H and O–H groups in total. The molecule has 78 valence electrons. The van der Waals surface area contributed by atoms with Gasteiger partial charge in [0.1, 0.15) is 0 Å². The summed E-state index contributed by atoms with van der Waals surface area (Å²) < 4.78 is 23.8. The van der Waals surface area contributed by atoms with Gasteiger partial charge in [0.15, 0.2) is 0 Å². The van der Waals surface area contributed by atoms with Crippen molar-refractivity contribution in [2.75, 3.05) is 19.3 Å². The fraction of sp³-hybridized carbons (Fsp3) is 1.00. The first-order valence-corrected chi connectivity index (χ1v) is 6.54. The van der Waals surface area contributed by atoms with Crippen LogP contribution in [0.4, 0.5) is 0 Å². The average Bonchev–Trinajstić information content (AvgIpc) is 1.91. The minimum absolute atomic E-state index is 0.490. The highest BCUT2D eigenvalue weighted by molar-refractivity contribution is 7.88. The number of hydrogen-bond donors (Lipinski definition) is 2. The van der Waals surface area contributed by atoms with Gasteiger partial charge in [-0.05, 0) is 18.8 Å². The Labute approximate surface area is 80.1 Å². The highest BCUT2D eigenvalue weighted by Crippen LogP contribution is 2.25. The number of hydrogen-bond acceptors (Lipinski definition) is 3. The first kappa shape index (κ1) is 10.9. The average molecular weight is 206 g/mol. The van der Waals surface area contributed by atoms with Crippen LogP contribution in [0.5, 0.6) is 0 Å². The molecule has 0 aliphatic heterocycles. The highest BCUT2D eigenvalue weighted by atomic mass is 32.2. The molecule has 0 saturated heterocycles. The number of rotatable bonds is 5. The second-order valence-electron chi connectivity index (χ2n) is 3.89. The Balaban J connectivity index is 1.96. The molecule has 4 nitrogen and oxygen atoms in total. The van der Waals surface area contributed by atoms with E-state index in [1.165, 1.54) is 19.1 Å². The lowest BCUT2D eigenvalue weighted by molar-refractivity contribution is 0.243. The number of nitrogens with one attached hydrogen (secondary N) is 2. The van der Waals surface area contributed by atoms with Gasteiger partial charge in [0.25, 0.3) is 0 Å². The van der Waals surface area contributed by atoms with Gasteiger partial charge in [-0.3, -0.25) is 0 Å². The third-order valence-electron chi connectivity index (χ3n) is 2.30. The molecule has 0 aromatic carbocycles. The van der Waals surface area contributed by atoms with E-state index in [4.69, 9.17) is 0 Å². The topological polar surface area (TPSA) is 58.2 Å². The molecule has 1 saturated carbocycles. The summed E-state index contributed by atoms with van der Waals surface area (Å²) in [5.41, 5.74) is 0. The summed E-state index contributed by atoms with van der Waals surface area (Å²) in [4.78, 5) is 0. The minimum Gasteiger partial charge on any atom is -0.313 e. The molecule has 0 bridgehead atoms. The molecule has 1 rings (SSSR count). The van der Waals surface area contributed by atoms with Crippen molar-refractivity contribution in [2.24, 2.45) is 5.92 Å². The molecule has 0 unspecified atom stereocenters. The van der Waals surface area contributed by atoms with E-state index in [0.717, 1.165) is 12.5 Å². The minimum atomic E-state index is -3.01. The van der Waals surface area contributed by atoms with Crippen LogP contribution in [0.15, 0.2) is 0 Å². The summed E-state index contributed by atoms with van der Waals surface area (Å²) in [6.45, 7) is 3.45. The highest BCUT2D eigenvalue weighted by Gasteiger charge is 2.23. The largest absolute Gasteiger partial charge is 0.313 e. The Hall–Kier alpha value is -0.130. The van der Waals surface area contributed by atoms with Crippen LogP contribution < -0.4 is 10.0 Å². The lowest BCUT2D eigenvalue weighted by Crippen LogP contribution is -2.43. The molecule has 1 aliphatic rings. The van der Waals surface area contributed by atoms with Gasteiger partial charge >= 0.3 is 0 Å². The third kappa shape index (κ3) is 4.59. The summed E-state index contributed by atoms with van der Waals surface area (Å²) >= 11 is 0. The monoisotopic (exact) mass is 206 g/mol. The van der Waals surface area contributed by atoms with Crippen LogP contribution in [0.25, 0.3) is 0 Å². The predicted molar refractivity (Wildman–Crippen MR) is 53.0 cm³/mol. The van der Waals surface area contributed by atoms with Gasteiger partial charge in [0.05, 0.1) is 6.26 Å². The van der Waals surface area contributed by atoms with Crippen molar-refractivity contribution in [3.8, 4) is 0 Å². The van der Waals surface area contributed by atoms with Crippen molar-refractivity contribution in [1.82, 2.24) is 10.0 Å². The lowest BCUT2D eigenvalue weighted by atomic mass is 9.82. The van der Waals surface area contributed by atoms with Crippen LogP contribution >= 0.6 is 0 Å². The zero-order chi connectivity index (χ0) is 9.90. The fourth-order valence-electron chi connectivity index (χ4n) is 1.58. The first-order valence-electron chi connectivity index (χ1n) is 4.65. The molecular weight excluding hydrogens is 188 g/mol. The van der Waals surface area contributed by atoms with Crippen LogP contribution in [0.2, 0.25) is 0 Å². The molecule has 0 spiro atoms. The van der Waals surface area contributed by atoms with E-state index in [1.54, 1.807) is 0 Å². The zero-order valence-corrected chi connectivity index (χ0v) is 9.02. The van der Waals surface area contributed by atoms with Gasteiger partial charge in [-0.15, -0.1) is 0 Å². The van der Waals surface area contributed by atoms with E-state index >= 15 is 0 Å². The maximum Gasteiger partial charge on any atom is 0.208 e. The number of sulfonamides is 1. The summed E-state index contributed by atoms with van der Waals surface area (Å²) in [5, 5.41) is 3.30. The molecule has 0 aromatic rings. The normalized spacial score (nSPS) is 28.5. The summed E-state index contributed by atoms with van der Waals surface area (Å²) in [5.74, 6) is 0.834. The third-order valence-corrected chi connectivity index (χ3v) is 3.02. The van der Waals surface area contributed by atoms with Crippen LogP contribution in [0.1, 0.15) is 19.8 Å². The van der Waals surface area contributed by atoms with E-state index in [9.17, 15) is 8.42 Å². The van der Waals surface area contributed by atoms with Crippen molar-refractivity contribution < 1.29 is 8.42 Å². The van der Waals surface area contributed by atoms with Gasteiger partial charge in [0, 0.05) is 19.1 Å². The molecule has 1 aliphatic carbocycles. The predicted octanol–water partition coefficient (Wildman–Crippen LogP) is -0.0763. The quantitative estimate of drug-likeness (QED) is 0.619. The van der Waals surface area contributed by atoms with E-state index in [-0.39, 0.29) is 0 Å². The van der Waals surface area contributed by atoms with E-state index in [0.29, 0.717) is 12.6 Å².